The molecule has 6 amide bonds. The molecule has 7 rings (SSSR count). The third-order valence-electron chi connectivity index (χ3n) is 12.6. The fourth-order valence-electron chi connectivity index (χ4n) is 9.25. The molecule has 18 nitrogen and oxygen atoms in total. The highest BCUT2D eigenvalue weighted by Crippen LogP contribution is 2.35. The number of amides is 6. The lowest BCUT2D eigenvalue weighted by atomic mass is 9.89. The highest BCUT2D eigenvalue weighted by atomic mass is 16.5. The second-order valence-electron chi connectivity index (χ2n) is 16.2. The van der Waals surface area contributed by atoms with Crippen LogP contribution in [0.15, 0.2) is 73.1 Å². The average molecular weight is 865 g/mol. The van der Waals surface area contributed by atoms with Gasteiger partial charge in [-0.1, -0.05) is 60.7 Å². The Kier molecular flexibility index (Phi) is 14.1. The van der Waals surface area contributed by atoms with Crippen molar-refractivity contribution in [2.24, 2.45) is 0 Å². The summed E-state index contributed by atoms with van der Waals surface area (Å²) < 4.78 is 9.62. The molecule has 3 fully saturated rings. The van der Waals surface area contributed by atoms with Gasteiger partial charge in [-0.25, -0.2) is 19.6 Å². The van der Waals surface area contributed by atoms with Crippen molar-refractivity contribution in [2.75, 3.05) is 40.9 Å². The SMILES string of the molecule is CCN(C(=O)c1cnc([C@H]2CCCN2C(=O)[C@@H](NC(=O)OC)c2ccccc2)[nH]1)C1CCC(N(C)C(=O)c2cnc([C@H]3CCCN3C(=O)[C@@H](NC(=O)OC)c3ccccc3)[nH]2)CC1. The second kappa shape index (κ2) is 20.0. The molecular formula is C45H56N10O8. The molecule has 0 bridgehead atoms. The van der Waals surface area contributed by atoms with Gasteiger partial charge in [-0.15, -0.1) is 0 Å². The number of alkyl carbamates (subject to hydrolysis) is 2. The number of H-pyrrole nitrogens is 2. The average Bonchev–Trinajstić information content (AvgIpc) is 4.17. The number of nitrogens with one attached hydrogen (secondary N) is 4. The van der Waals surface area contributed by atoms with Gasteiger partial charge in [0.1, 0.15) is 35.1 Å². The Hall–Kier alpha value is -6.72. The van der Waals surface area contributed by atoms with E-state index in [-0.39, 0.29) is 35.7 Å². The normalized spacial score (nSPS) is 20.6. The van der Waals surface area contributed by atoms with Crippen molar-refractivity contribution in [3.63, 3.8) is 0 Å². The van der Waals surface area contributed by atoms with E-state index >= 15 is 0 Å². The number of hydrogen-bond donors (Lipinski definition) is 4. The second-order valence-corrected chi connectivity index (χ2v) is 16.2. The van der Waals surface area contributed by atoms with Gasteiger partial charge in [-0.3, -0.25) is 19.2 Å². The van der Waals surface area contributed by atoms with Crippen LogP contribution in [0.5, 0.6) is 0 Å². The number of imidazole rings is 2. The molecule has 3 aliphatic rings. The molecule has 2 aromatic carbocycles. The van der Waals surface area contributed by atoms with Crippen LogP contribution in [0.1, 0.15) is 126 Å². The number of ether oxygens (including phenoxy) is 2. The Bertz CT molecular complexity index is 2240. The predicted molar refractivity (Wildman–Crippen MR) is 229 cm³/mol. The predicted octanol–water partition coefficient (Wildman–Crippen LogP) is 5.20. The summed E-state index contributed by atoms with van der Waals surface area (Å²) in [7, 11) is 4.28. The van der Waals surface area contributed by atoms with Crippen LogP contribution in [0.2, 0.25) is 0 Å². The zero-order valence-corrected chi connectivity index (χ0v) is 36.1. The summed E-state index contributed by atoms with van der Waals surface area (Å²) in [6.45, 7) is 3.36. The molecule has 63 heavy (non-hydrogen) atoms. The minimum Gasteiger partial charge on any atom is -0.453 e. The van der Waals surface area contributed by atoms with Gasteiger partial charge < -0.3 is 49.7 Å². The van der Waals surface area contributed by atoms with Crippen LogP contribution in [-0.2, 0) is 19.1 Å². The molecule has 4 N–H and O–H groups in total. The maximum absolute atomic E-state index is 14.0. The standard InChI is InChI=1S/C45H56N10O8/c1-5-53(41(57)33-27-47-39(49-33)35-19-13-25-55(35)43(59)37(51-45(61)63-4)29-16-10-7-11-17-29)31-22-20-30(21-23-31)52(2)40(56)32-26-46-38(48-32)34-18-12-24-54(34)42(58)36(50-44(60)62-3)28-14-8-6-9-15-28/h6-11,14-17,26-27,30-31,34-37H,5,12-13,18-25H2,1-4H3,(H,46,48)(H,47,49)(H,50,60)(H,51,61)/t30?,31?,34-,35-,36+,37+/m1/s1. The Morgan fingerprint density at radius 3 is 1.52 bits per heavy atom. The molecule has 2 aromatic heterocycles. The molecular weight excluding hydrogens is 809 g/mol. The first-order chi connectivity index (χ1) is 30.5. The summed E-state index contributed by atoms with van der Waals surface area (Å²) in [5.74, 6) is 0.0231. The van der Waals surface area contributed by atoms with E-state index in [4.69, 9.17) is 9.47 Å². The summed E-state index contributed by atoms with van der Waals surface area (Å²) >= 11 is 0. The smallest absolute Gasteiger partial charge is 0.407 e. The molecule has 4 aromatic rings. The van der Waals surface area contributed by atoms with Gasteiger partial charge in [0.2, 0.25) is 0 Å². The third-order valence-corrected chi connectivity index (χ3v) is 12.6. The fourth-order valence-corrected chi connectivity index (χ4v) is 9.25. The molecule has 4 heterocycles. The number of carbonyl (C=O) groups excluding carboxylic acids is 6. The highest BCUT2D eigenvalue weighted by molar-refractivity contribution is 5.93. The van der Waals surface area contributed by atoms with E-state index in [0.29, 0.717) is 92.3 Å². The maximum atomic E-state index is 14.0. The van der Waals surface area contributed by atoms with Gasteiger partial charge in [-0.2, -0.15) is 0 Å². The van der Waals surface area contributed by atoms with Gasteiger partial charge in [0.05, 0.1) is 38.7 Å². The molecule has 1 saturated carbocycles. The van der Waals surface area contributed by atoms with Crippen LogP contribution in [0, 0.1) is 0 Å². The van der Waals surface area contributed by atoms with Crippen LogP contribution in [0.3, 0.4) is 0 Å². The quantitative estimate of drug-likeness (QED) is 0.138. The molecule has 4 atom stereocenters. The zero-order valence-electron chi connectivity index (χ0n) is 36.1. The summed E-state index contributed by atoms with van der Waals surface area (Å²) in [6.07, 6.45) is 7.12. The first-order valence-electron chi connectivity index (χ1n) is 21.6. The number of hydrogen-bond acceptors (Lipinski definition) is 10. The van der Waals surface area contributed by atoms with Crippen molar-refractivity contribution in [1.29, 1.82) is 0 Å². The summed E-state index contributed by atoms with van der Waals surface area (Å²) in [5, 5.41) is 5.34. The van der Waals surface area contributed by atoms with E-state index in [0.717, 1.165) is 12.8 Å². The molecule has 18 heteroatoms. The molecule has 1 aliphatic carbocycles. The molecule has 2 saturated heterocycles. The van der Waals surface area contributed by atoms with Gasteiger partial charge >= 0.3 is 12.2 Å². The Balaban J connectivity index is 0.955. The molecule has 0 unspecified atom stereocenters. The van der Waals surface area contributed by atoms with Crippen LogP contribution < -0.4 is 10.6 Å². The number of aromatic amines is 2. The largest absolute Gasteiger partial charge is 0.453 e. The van der Waals surface area contributed by atoms with E-state index in [1.54, 1.807) is 70.3 Å². The van der Waals surface area contributed by atoms with Crippen molar-refractivity contribution in [2.45, 2.75) is 94.5 Å². The monoisotopic (exact) mass is 864 g/mol. The number of methoxy groups -OCH3 is 2. The fraction of sp³-hybridized carbons (Fsp3) is 0.467. The Morgan fingerprint density at radius 1 is 0.667 bits per heavy atom. The molecule has 0 radical (unpaired) electrons. The molecule has 334 valence electrons. The van der Waals surface area contributed by atoms with Crippen molar-refractivity contribution >= 4 is 35.8 Å². The van der Waals surface area contributed by atoms with Crippen molar-refractivity contribution < 1.29 is 38.2 Å². The van der Waals surface area contributed by atoms with Gasteiger partial charge in [0.15, 0.2) is 0 Å². The van der Waals surface area contributed by atoms with E-state index < -0.39 is 36.4 Å². The minimum absolute atomic E-state index is 0.0485. The van der Waals surface area contributed by atoms with Crippen LogP contribution in [0.25, 0.3) is 0 Å². The Morgan fingerprint density at radius 2 is 1.10 bits per heavy atom. The molecule has 2 aliphatic heterocycles. The number of nitrogens with zero attached hydrogens (tertiary/aromatic N) is 6. The highest BCUT2D eigenvalue weighted by Gasteiger charge is 2.40. The van der Waals surface area contributed by atoms with Crippen LogP contribution in [-0.4, -0.2) is 128 Å². The lowest BCUT2D eigenvalue weighted by Crippen LogP contribution is -2.46. The number of aromatic nitrogens is 4. The Labute approximate surface area is 366 Å². The van der Waals surface area contributed by atoms with E-state index in [9.17, 15) is 28.8 Å². The summed E-state index contributed by atoms with van der Waals surface area (Å²) in [4.78, 5) is 103. The first kappa shape index (κ1) is 44.3. The van der Waals surface area contributed by atoms with E-state index in [1.165, 1.54) is 26.6 Å². The summed E-state index contributed by atoms with van der Waals surface area (Å²) in [6, 6.07) is 15.1. The van der Waals surface area contributed by atoms with Crippen LogP contribution in [0.4, 0.5) is 9.59 Å². The van der Waals surface area contributed by atoms with Crippen molar-refractivity contribution in [1.82, 2.24) is 50.2 Å². The topological polar surface area (TPSA) is 215 Å². The van der Waals surface area contributed by atoms with Gasteiger partial charge in [0.25, 0.3) is 23.6 Å². The number of carbonyl (C=O) groups is 6. The number of benzene rings is 2. The van der Waals surface area contributed by atoms with E-state index in [1.807, 2.05) is 24.0 Å². The maximum Gasteiger partial charge on any atom is 0.407 e. The van der Waals surface area contributed by atoms with Gasteiger partial charge in [-0.05, 0) is 69.4 Å². The minimum atomic E-state index is -0.953. The third kappa shape index (κ3) is 9.69. The number of likely N-dealkylation sites (tertiary alicyclic amines) is 2. The first-order valence-corrected chi connectivity index (χ1v) is 21.6. The molecule has 0 spiro atoms. The van der Waals surface area contributed by atoms with Gasteiger partial charge in [0, 0.05) is 38.8 Å². The zero-order chi connectivity index (χ0) is 44.6. The lowest BCUT2D eigenvalue weighted by molar-refractivity contribution is -0.135. The van der Waals surface area contributed by atoms with Crippen molar-refractivity contribution in [3.8, 4) is 0 Å². The summed E-state index contributed by atoms with van der Waals surface area (Å²) in [5.41, 5.74) is 1.90. The van der Waals surface area contributed by atoms with Crippen LogP contribution >= 0.6 is 0 Å². The van der Waals surface area contributed by atoms with Crippen molar-refractivity contribution in [3.05, 3.63) is 107 Å². The van der Waals surface area contributed by atoms with E-state index in [2.05, 4.69) is 30.6 Å². The number of rotatable bonds is 13. The lowest BCUT2D eigenvalue weighted by Gasteiger charge is -2.39.